The van der Waals surface area contributed by atoms with Crippen LogP contribution in [-0.4, -0.2) is 23.7 Å². The normalized spacial score (nSPS) is 15.6. The molecule has 2 aromatic rings. The molecule has 0 radical (unpaired) electrons. The molecule has 122 valence electrons. The smallest absolute Gasteiger partial charge is 0.217 e. The van der Waals surface area contributed by atoms with Gasteiger partial charge < -0.3 is 15.6 Å². The van der Waals surface area contributed by atoms with Gasteiger partial charge in [-0.05, 0) is 59.9 Å². The van der Waals surface area contributed by atoms with Crippen LogP contribution in [0.15, 0.2) is 34.8 Å². The van der Waals surface area contributed by atoms with E-state index in [1.54, 1.807) is 0 Å². The Morgan fingerprint density at radius 3 is 2.78 bits per heavy atom. The first-order valence-electron chi connectivity index (χ1n) is 7.86. The molecule has 1 fully saturated rings. The maximum absolute atomic E-state index is 11.1. The summed E-state index contributed by atoms with van der Waals surface area (Å²) in [5, 5.41) is 11.9. The number of aliphatic hydroxyl groups is 1. The summed E-state index contributed by atoms with van der Waals surface area (Å²) in [4.78, 5) is 11.1. The van der Waals surface area contributed by atoms with E-state index in [2.05, 4.69) is 15.9 Å². The van der Waals surface area contributed by atoms with E-state index in [0.717, 1.165) is 39.4 Å². The highest BCUT2D eigenvalue weighted by molar-refractivity contribution is 9.10. The SMILES string of the molecule is NC(=O)CCC(CO)c1cc(Br)cc2ccc(OC3CC3)cc12. The van der Waals surface area contributed by atoms with Crippen LogP contribution >= 0.6 is 15.9 Å². The number of benzene rings is 2. The molecule has 1 unspecified atom stereocenters. The fraction of sp³-hybridized carbons (Fsp3) is 0.389. The fourth-order valence-electron chi connectivity index (χ4n) is 2.78. The van der Waals surface area contributed by atoms with E-state index in [0.29, 0.717) is 12.5 Å². The molecular weight excluding hydrogens is 358 g/mol. The summed E-state index contributed by atoms with van der Waals surface area (Å²) in [5.74, 6) is 0.384. The highest BCUT2D eigenvalue weighted by Crippen LogP contribution is 2.35. The predicted octanol–water partition coefficient (Wildman–Crippen LogP) is 3.48. The Bertz CT molecular complexity index is 728. The number of hydrogen-bond donors (Lipinski definition) is 2. The van der Waals surface area contributed by atoms with Crippen molar-refractivity contribution in [2.45, 2.75) is 37.7 Å². The lowest BCUT2D eigenvalue weighted by Crippen LogP contribution is -2.14. The number of aliphatic hydroxyl groups excluding tert-OH is 1. The lowest BCUT2D eigenvalue weighted by Gasteiger charge is -2.18. The second kappa shape index (κ2) is 6.89. The number of amides is 1. The van der Waals surface area contributed by atoms with Crippen molar-refractivity contribution in [1.82, 2.24) is 0 Å². The van der Waals surface area contributed by atoms with Crippen molar-refractivity contribution < 1.29 is 14.6 Å². The molecule has 0 aliphatic heterocycles. The highest BCUT2D eigenvalue weighted by atomic mass is 79.9. The molecule has 0 bridgehead atoms. The van der Waals surface area contributed by atoms with E-state index in [1.807, 2.05) is 30.3 Å². The second-order valence-electron chi connectivity index (χ2n) is 6.08. The highest BCUT2D eigenvalue weighted by Gasteiger charge is 2.24. The Balaban J connectivity index is 1.99. The number of nitrogens with two attached hydrogens (primary N) is 1. The van der Waals surface area contributed by atoms with Crippen LogP contribution in [-0.2, 0) is 4.79 Å². The van der Waals surface area contributed by atoms with Crippen molar-refractivity contribution in [3.8, 4) is 5.75 Å². The molecule has 0 spiro atoms. The largest absolute Gasteiger partial charge is 0.490 e. The van der Waals surface area contributed by atoms with Gasteiger partial charge in [0.15, 0.2) is 0 Å². The summed E-state index contributed by atoms with van der Waals surface area (Å²) in [6.07, 6.45) is 3.37. The van der Waals surface area contributed by atoms with Crippen molar-refractivity contribution in [1.29, 1.82) is 0 Å². The topological polar surface area (TPSA) is 72.6 Å². The summed E-state index contributed by atoms with van der Waals surface area (Å²) >= 11 is 3.53. The Hall–Kier alpha value is -1.59. The number of fused-ring (bicyclic) bond motifs is 1. The van der Waals surface area contributed by atoms with E-state index in [4.69, 9.17) is 10.5 Å². The monoisotopic (exact) mass is 377 g/mol. The second-order valence-corrected chi connectivity index (χ2v) is 7.00. The third kappa shape index (κ3) is 4.03. The third-order valence-corrected chi connectivity index (χ3v) is 4.61. The number of carbonyl (C=O) groups is 1. The zero-order valence-corrected chi connectivity index (χ0v) is 14.4. The van der Waals surface area contributed by atoms with Crippen molar-refractivity contribution in [3.05, 3.63) is 40.4 Å². The Labute approximate surface area is 143 Å². The number of halogens is 1. The fourth-order valence-corrected chi connectivity index (χ4v) is 3.27. The van der Waals surface area contributed by atoms with Crippen LogP contribution in [0.3, 0.4) is 0 Å². The van der Waals surface area contributed by atoms with E-state index in [-0.39, 0.29) is 24.9 Å². The number of carbonyl (C=O) groups excluding carboxylic acids is 1. The van der Waals surface area contributed by atoms with Gasteiger partial charge in [-0.1, -0.05) is 22.0 Å². The lowest BCUT2D eigenvalue weighted by molar-refractivity contribution is -0.118. The van der Waals surface area contributed by atoms with E-state index in [9.17, 15) is 9.90 Å². The molecule has 2 aromatic carbocycles. The Morgan fingerprint density at radius 2 is 2.13 bits per heavy atom. The third-order valence-electron chi connectivity index (χ3n) is 4.15. The van der Waals surface area contributed by atoms with Gasteiger partial charge in [-0.3, -0.25) is 4.79 Å². The first kappa shape index (κ1) is 16.3. The maximum atomic E-state index is 11.1. The number of rotatable bonds is 7. The molecular formula is C18H20BrNO3. The van der Waals surface area contributed by atoms with Gasteiger partial charge in [0.1, 0.15) is 5.75 Å². The average molecular weight is 378 g/mol. The van der Waals surface area contributed by atoms with Gasteiger partial charge in [-0.15, -0.1) is 0 Å². The average Bonchev–Trinajstić information content (AvgIpc) is 3.32. The van der Waals surface area contributed by atoms with Crippen molar-refractivity contribution >= 4 is 32.6 Å². The minimum Gasteiger partial charge on any atom is -0.490 e. The molecule has 3 rings (SSSR count). The van der Waals surface area contributed by atoms with Gasteiger partial charge in [-0.25, -0.2) is 0 Å². The minimum absolute atomic E-state index is 0.0213. The molecule has 0 heterocycles. The Morgan fingerprint density at radius 1 is 1.35 bits per heavy atom. The quantitative estimate of drug-likeness (QED) is 0.775. The van der Waals surface area contributed by atoms with Crippen LogP contribution in [0.2, 0.25) is 0 Å². The van der Waals surface area contributed by atoms with Gasteiger partial charge in [-0.2, -0.15) is 0 Å². The van der Waals surface area contributed by atoms with Crippen molar-refractivity contribution in [3.63, 3.8) is 0 Å². The molecule has 1 aliphatic carbocycles. The molecule has 1 aliphatic rings. The van der Waals surface area contributed by atoms with Crippen molar-refractivity contribution in [2.75, 3.05) is 6.61 Å². The minimum atomic E-state index is -0.347. The summed E-state index contributed by atoms with van der Waals surface area (Å²) in [5.41, 5.74) is 6.27. The Kier molecular flexibility index (Phi) is 4.87. The zero-order valence-electron chi connectivity index (χ0n) is 12.8. The van der Waals surface area contributed by atoms with Crippen LogP contribution in [0.1, 0.15) is 37.2 Å². The van der Waals surface area contributed by atoms with Gasteiger partial charge in [0.25, 0.3) is 0 Å². The molecule has 3 N–H and O–H groups in total. The number of ether oxygens (including phenoxy) is 1. The van der Waals surface area contributed by atoms with E-state index >= 15 is 0 Å². The van der Waals surface area contributed by atoms with Crippen LogP contribution in [0.4, 0.5) is 0 Å². The van der Waals surface area contributed by atoms with Crippen LogP contribution in [0.5, 0.6) is 5.75 Å². The predicted molar refractivity (Wildman–Crippen MR) is 93.6 cm³/mol. The van der Waals surface area contributed by atoms with E-state index in [1.165, 1.54) is 0 Å². The van der Waals surface area contributed by atoms with Gasteiger partial charge in [0.2, 0.25) is 5.91 Å². The van der Waals surface area contributed by atoms with Crippen LogP contribution in [0.25, 0.3) is 10.8 Å². The first-order valence-corrected chi connectivity index (χ1v) is 8.65. The van der Waals surface area contributed by atoms with Gasteiger partial charge in [0.05, 0.1) is 6.10 Å². The lowest BCUT2D eigenvalue weighted by atomic mass is 9.90. The van der Waals surface area contributed by atoms with E-state index < -0.39 is 0 Å². The van der Waals surface area contributed by atoms with Gasteiger partial charge in [0, 0.05) is 23.4 Å². The van der Waals surface area contributed by atoms with Crippen LogP contribution in [0, 0.1) is 0 Å². The standard InChI is InChI=1S/C18H20BrNO3/c19-13-7-11-1-3-15(23-14-4-5-14)9-17(11)16(8-13)12(10-21)2-6-18(20)22/h1,3,7-9,12,14,21H,2,4-6,10H2,(H2,20,22). The summed E-state index contributed by atoms with van der Waals surface area (Å²) in [6, 6.07) is 10.1. The first-order chi connectivity index (χ1) is 11.1. The molecule has 1 saturated carbocycles. The summed E-state index contributed by atoms with van der Waals surface area (Å²) in [6.45, 7) is -0.0213. The molecule has 1 atom stereocenters. The maximum Gasteiger partial charge on any atom is 0.217 e. The molecule has 0 aromatic heterocycles. The molecule has 5 heteroatoms. The molecule has 0 saturated heterocycles. The number of hydrogen-bond acceptors (Lipinski definition) is 3. The molecule has 23 heavy (non-hydrogen) atoms. The summed E-state index contributed by atoms with van der Waals surface area (Å²) in [7, 11) is 0. The number of primary amides is 1. The molecule has 4 nitrogen and oxygen atoms in total. The zero-order chi connectivity index (χ0) is 16.4. The van der Waals surface area contributed by atoms with Gasteiger partial charge >= 0.3 is 0 Å². The van der Waals surface area contributed by atoms with Crippen LogP contribution < -0.4 is 10.5 Å². The summed E-state index contributed by atoms with van der Waals surface area (Å²) < 4.78 is 6.83. The molecule has 1 amide bonds. The van der Waals surface area contributed by atoms with Crippen molar-refractivity contribution in [2.24, 2.45) is 5.73 Å².